The Kier molecular flexibility index (Phi) is 6.40. The van der Waals surface area contributed by atoms with Crippen LogP contribution in [0.2, 0.25) is 5.02 Å². The molecule has 3 aromatic carbocycles. The molecule has 1 atom stereocenters. The van der Waals surface area contributed by atoms with Crippen LogP contribution in [0.1, 0.15) is 43.5 Å². The van der Waals surface area contributed by atoms with Crippen LogP contribution in [0.3, 0.4) is 0 Å². The molecule has 0 spiro atoms. The zero-order valence-corrected chi connectivity index (χ0v) is 21.1. The molecular weight excluding hydrogens is 521 g/mol. The largest absolute Gasteiger partial charge is 0.507 e. The molecule has 4 nitrogen and oxygen atoms in total. The van der Waals surface area contributed by atoms with Gasteiger partial charge >= 0.3 is 0 Å². The molecule has 1 aliphatic heterocycles. The number of carbonyl (C=O) groups excluding carboxylic acids is 2. The Morgan fingerprint density at radius 1 is 1.00 bits per heavy atom. The van der Waals surface area contributed by atoms with Crippen molar-refractivity contribution >= 4 is 50.7 Å². The van der Waals surface area contributed by atoms with Crippen molar-refractivity contribution in [2.24, 2.45) is 0 Å². The first-order chi connectivity index (χ1) is 16.0. The molecule has 1 amide bonds. The van der Waals surface area contributed by atoms with Crippen LogP contribution in [0.4, 0.5) is 10.1 Å². The van der Waals surface area contributed by atoms with Crippen LogP contribution in [0.15, 0.2) is 76.8 Å². The summed E-state index contributed by atoms with van der Waals surface area (Å²) in [5.41, 5.74) is 2.22. The number of anilines is 1. The first-order valence-electron chi connectivity index (χ1n) is 10.6. The number of halogens is 3. The van der Waals surface area contributed by atoms with Gasteiger partial charge in [-0.2, -0.15) is 0 Å². The van der Waals surface area contributed by atoms with Crippen molar-refractivity contribution < 1.29 is 19.1 Å². The minimum absolute atomic E-state index is 0.0451. The normalized spacial score (nSPS) is 17.9. The van der Waals surface area contributed by atoms with E-state index in [1.807, 2.05) is 24.3 Å². The predicted octanol–water partition coefficient (Wildman–Crippen LogP) is 7.17. The quantitative estimate of drug-likeness (QED) is 0.217. The van der Waals surface area contributed by atoms with Crippen molar-refractivity contribution in [3.63, 3.8) is 0 Å². The summed E-state index contributed by atoms with van der Waals surface area (Å²) in [5, 5.41) is 11.0. The summed E-state index contributed by atoms with van der Waals surface area (Å²) < 4.78 is 14.6. The lowest BCUT2D eigenvalue weighted by Crippen LogP contribution is -2.29. The van der Waals surface area contributed by atoms with Gasteiger partial charge in [0, 0.05) is 15.7 Å². The van der Waals surface area contributed by atoms with Gasteiger partial charge in [-0.05, 0) is 46.9 Å². The zero-order valence-electron chi connectivity index (χ0n) is 18.8. The van der Waals surface area contributed by atoms with Gasteiger partial charge in [0.15, 0.2) is 0 Å². The molecule has 1 saturated heterocycles. The number of ketones is 1. The number of hydrogen-bond donors (Lipinski definition) is 1. The van der Waals surface area contributed by atoms with E-state index < -0.39 is 23.5 Å². The third kappa shape index (κ3) is 4.40. The van der Waals surface area contributed by atoms with E-state index in [1.165, 1.54) is 17.0 Å². The van der Waals surface area contributed by atoms with Gasteiger partial charge < -0.3 is 5.11 Å². The van der Waals surface area contributed by atoms with E-state index in [0.29, 0.717) is 11.1 Å². The Morgan fingerprint density at radius 3 is 2.18 bits per heavy atom. The second-order valence-corrected chi connectivity index (χ2v) is 10.5. The molecule has 0 bridgehead atoms. The SMILES string of the molecule is CC(C)(C)c1ccc(C2/C(=C(\O)c3ccc(Br)cc3)C(=O)C(=O)N2c2ccc(F)c(Cl)c2)cc1. The number of benzene rings is 3. The number of rotatable bonds is 3. The van der Waals surface area contributed by atoms with Crippen LogP contribution in [-0.2, 0) is 15.0 Å². The maximum Gasteiger partial charge on any atom is 0.300 e. The minimum Gasteiger partial charge on any atom is -0.507 e. The van der Waals surface area contributed by atoms with Crippen LogP contribution in [-0.4, -0.2) is 16.8 Å². The highest BCUT2D eigenvalue weighted by Crippen LogP contribution is 2.43. The van der Waals surface area contributed by atoms with E-state index >= 15 is 0 Å². The summed E-state index contributed by atoms with van der Waals surface area (Å²) >= 11 is 9.34. The summed E-state index contributed by atoms with van der Waals surface area (Å²) in [4.78, 5) is 27.7. The van der Waals surface area contributed by atoms with Gasteiger partial charge in [0.25, 0.3) is 11.7 Å². The van der Waals surface area contributed by atoms with Crippen molar-refractivity contribution in [2.75, 3.05) is 4.90 Å². The summed E-state index contributed by atoms with van der Waals surface area (Å²) in [6.45, 7) is 6.26. The predicted molar refractivity (Wildman–Crippen MR) is 135 cm³/mol. The molecule has 1 heterocycles. The number of nitrogens with zero attached hydrogens (tertiary/aromatic N) is 1. The number of carbonyl (C=O) groups is 2. The summed E-state index contributed by atoms with van der Waals surface area (Å²) in [7, 11) is 0. The number of hydrogen-bond acceptors (Lipinski definition) is 3. The summed E-state index contributed by atoms with van der Waals surface area (Å²) in [6.07, 6.45) is 0. The van der Waals surface area contributed by atoms with E-state index in [9.17, 15) is 19.1 Å². The van der Waals surface area contributed by atoms with Gasteiger partial charge in [0.05, 0.1) is 16.6 Å². The molecule has 0 aromatic heterocycles. The highest BCUT2D eigenvalue weighted by molar-refractivity contribution is 9.10. The van der Waals surface area contributed by atoms with Crippen molar-refractivity contribution in [3.05, 3.63) is 104 Å². The Hall–Kier alpha value is -2.96. The van der Waals surface area contributed by atoms with Gasteiger partial charge in [-0.3, -0.25) is 14.5 Å². The van der Waals surface area contributed by atoms with Crippen LogP contribution in [0.25, 0.3) is 5.76 Å². The lowest BCUT2D eigenvalue weighted by Gasteiger charge is -2.27. The molecule has 1 fully saturated rings. The van der Waals surface area contributed by atoms with Crippen LogP contribution in [0, 0.1) is 5.82 Å². The van der Waals surface area contributed by atoms with Gasteiger partial charge in [-0.15, -0.1) is 0 Å². The lowest BCUT2D eigenvalue weighted by atomic mass is 9.85. The second-order valence-electron chi connectivity index (χ2n) is 9.15. The fraction of sp³-hybridized carbons (Fsp3) is 0.185. The van der Waals surface area contributed by atoms with Gasteiger partial charge in [-0.25, -0.2) is 4.39 Å². The Balaban J connectivity index is 1.93. The average molecular weight is 543 g/mol. The number of aliphatic hydroxyl groups excluding tert-OH is 1. The monoisotopic (exact) mass is 541 g/mol. The lowest BCUT2D eigenvalue weighted by molar-refractivity contribution is -0.132. The molecule has 1 N–H and O–H groups in total. The average Bonchev–Trinajstić information content (AvgIpc) is 3.06. The first kappa shape index (κ1) is 24.2. The zero-order chi connectivity index (χ0) is 24.8. The van der Waals surface area contributed by atoms with Crippen molar-refractivity contribution in [3.8, 4) is 0 Å². The Bertz CT molecular complexity index is 1310. The molecular formula is C27H22BrClFNO3. The fourth-order valence-corrected chi connectivity index (χ4v) is 4.42. The van der Waals surface area contributed by atoms with Crippen molar-refractivity contribution in [1.82, 2.24) is 0 Å². The molecule has 1 unspecified atom stereocenters. The van der Waals surface area contributed by atoms with E-state index in [-0.39, 0.29) is 27.5 Å². The van der Waals surface area contributed by atoms with Crippen LogP contribution < -0.4 is 4.90 Å². The first-order valence-corrected chi connectivity index (χ1v) is 11.8. The third-order valence-corrected chi connectivity index (χ3v) is 6.65. The fourth-order valence-electron chi connectivity index (χ4n) is 3.98. The van der Waals surface area contributed by atoms with Gasteiger partial charge in [0.2, 0.25) is 0 Å². The van der Waals surface area contributed by atoms with E-state index in [1.54, 1.807) is 24.3 Å². The number of Topliss-reactive ketones (excluding diaryl/α,β-unsaturated/α-hetero) is 1. The molecule has 7 heteroatoms. The van der Waals surface area contributed by atoms with Crippen LogP contribution in [0.5, 0.6) is 0 Å². The van der Waals surface area contributed by atoms with Crippen molar-refractivity contribution in [1.29, 1.82) is 0 Å². The Morgan fingerprint density at radius 2 is 1.62 bits per heavy atom. The van der Waals surface area contributed by atoms with Crippen LogP contribution >= 0.6 is 27.5 Å². The van der Waals surface area contributed by atoms with Gasteiger partial charge in [0.1, 0.15) is 11.6 Å². The topological polar surface area (TPSA) is 57.6 Å². The molecule has 0 radical (unpaired) electrons. The minimum atomic E-state index is -0.917. The summed E-state index contributed by atoms with van der Waals surface area (Å²) in [6, 6.07) is 17.2. The molecule has 1 aliphatic rings. The number of amides is 1. The standard InChI is InChI=1S/C27H22BrClFNO3/c1-27(2,3)17-8-4-15(5-9-17)23-22(24(32)16-6-10-18(28)11-7-16)25(33)26(34)31(23)19-12-13-21(30)20(29)14-19/h4-14,23,32H,1-3H3/b24-22+. The maximum atomic E-state index is 13.8. The van der Waals surface area contributed by atoms with E-state index in [4.69, 9.17) is 11.6 Å². The maximum absolute atomic E-state index is 13.8. The van der Waals surface area contributed by atoms with Gasteiger partial charge in [-0.1, -0.05) is 84.7 Å². The highest BCUT2D eigenvalue weighted by atomic mass is 79.9. The molecule has 174 valence electrons. The van der Waals surface area contributed by atoms with Crippen molar-refractivity contribution in [2.45, 2.75) is 32.2 Å². The number of aliphatic hydroxyl groups is 1. The molecule has 0 aliphatic carbocycles. The van der Waals surface area contributed by atoms with E-state index in [2.05, 4.69) is 36.7 Å². The third-order valence-electron chi connectivity index (χ3n) is 5.84. The molecule has 0 saturated carbocycles. The highest BCUT2D eigenvalue weighted by Gasteiger charge is 2.47. The smallest absolute Gasteiger partial charge is 0.300 e. The molecule has 34 heavy (non-hydrogen) atoms. The van der Waals surface area contributed by atoms with E-state index in [0.717, 1.165) is 16.1 Å². The Labute approximate surface area is 210 Å². The molecule has 4 rings (SSSR count). The summed E-state index contributed by atoms with van der Waals surface area (Å²) in [5.74, 6) is -2.58. The molecule has 3 aromatic rings. The second kappa shape index (κ2) is 9.01.